The van der Waals surface area contributed by atoms with Gasteiger partial charge < -0.3 is 29.9 Å². The average molecular weight is 554 g/mol. The van der Waals surface area contributed by atoms with Gasteiger partial charge >= 0.3 is 5.97 Å². The average Bonchev–Trinajstić information content (AvgIpc) is 2.99. The van der Waals surface area contributed by atoms with Crippen molar-refractivity contribution in [1.29, 1.82) is 0 Å². The van der Waals surface area contributed by atoms with E-state index in [1.54, 1.807) is 93.0 Å². The van der Waals surface area contributed by atoms with Crippen LogP contribution in [0.3, 0.4) is 0 Å². The van der Waals surface area contributed by atoms with E-state index in [0.717, 1.165) is 0 Å². The maximum absolute atomic E-state index is 11.5. The number of rotatable bonds is 10. The Hall–Kier alpha value is -3.53. The molecule has 0 aromatic heterocycles. The molecular weight excluding hydrogens is 510 g/mol. The van der Waals surface area contributed by atoms with Crippen LogP contribution in [0.2, 0.25) is 0 Å². The molecule has 8 heteroatoms. The number of hydrogen-bond donors (Lipinski definition) is 4. The van der Waals surface area contributed by atoms with Crippen LogP contribution in [-0.2, 0) is 9.53 Å². The monoisotopic (exact) mass is 553 g/mol. The van der Waals surface area contributed by atoms with E-state index in [2.05, 4.69) is 0 Å². The summed E-state index contributed by atoms with van der Waals surface area (Å²) in [6.45, 7) is -2.63. The molecule has 4 N–H and O–H groups in total. The second-order valence-electron chi connectivity index (χ2n) is 10.2. The normalized spacial score (nSPS) is 26.3. The van der Waals surface area contributed by atoms with Gasteiger partial charge in [0.25, 0.3) is 0 Å². The topological polar surface area (TPSA) is 116 Å². The number of nitrogens with zero attached hydrogens (tertiary/aromatic N) is 1. The van der Waals surface area contributed by atoms with Crippen LogP contribution in [0.1, 0.15) is 36.8 Å². The zero-order valence-electron chi connectivity index (χ0n) is 27.3. The highest BCUT2D eigenvalue weighted by molar-refractivity contribution is 5.98. The van der Waals surface area contributed by atoms with Crippen LogP contribution in [-0.4, -0.2) is 88.8 Å². The van der Waals surface area contributed by atoms with Crippen LogP contribution < -0.4 is 4.74 Å². The highest BCUT2D eigenvalue weighted by atomic mass is 16.6. The van der Waals surface area contributed by atoms with Gasteiger partial charge in [0, 0.05) is 6.85 Å². The number of carboxylic acids is 1. The molecular formula is C32H38NO7+. The molecule has 1 fully saturated rings. The number of aliphatic carboxylic acids is 1. The second-order valence-corrected chi connectivity index (χ2v) is 10.2. The fourth-order valence-electron chi connectivity index (χ4n) is 4.83. The Kier molecular flexibility index (Phi) is 7.40. The van der Waals surface area contributed by atoms with Crippen molar-refractivity contribution < 1.29 is 46.0 Å². The summed E-state index contributed by atoms with van der Waals surface area (Å²) in [5.41, 5.74) is 2.09. The standard InChI is InChI=1S/C32H37NO7/c1-4-25(21-11-7-5-8-12-21)26(22-13-9-6-10-14-22)23-15-17-24(18-16-23)39-20-19-33(2,3)31-29(36)27(34)28(35)30(40-31)32(37)38/h5-18,27-31,34-36H,4,19-20H2,1-3H3/p+1/b26-25-/t27-,28+,29-,30?,31+/m0/s1/i1D3,4D2. The fourth-order valence-corrected chi connectivity index (χ4v) is 4.83. The van der Waals surface area contributed by atoms with E-state index < -0.39 is 49.8 Å². The van der Waals surface area contributed by atoms with Crippen molar-refractivity contribution in [3.8, 4) is 5.75 Å². The van der Waals surface area contributed by atoms with Crippen LogP contribution in [0.5, 0.6) is 5.75 Å². The summed E-state index contributed by atoms with van der Waals surface area (Å²) in [6.07, 6.45) is -10.6. The number of ether oxygens (including phenoxy) is 2. The van der Waals surface area contributed by atoms with Gasteiger partial charge in [-0.2, -0.15) is 0 Å². The molecule has 3 aromatic rings. The number of aliphatic hydroxyl groups is 3. The number of aliphatic hydroxyl groups excluding tert-OH is 3. The largest absolute Gasteiger partial charge is 0.488 e. The summed E-state index contributed by atoms with van der Waals surface area (Å²) in [5, 5.41) is 40.1. The van der Waals surface area contributed by atoms with Gasteiger partial charge in [0.1, 0.15) is 31.1 Å². The third kappa shape index (κ3) is 6.43. The predicted octanol–water partition coefficient (Wildman–Crippen LogP) is 3.40. The van der Waals surface area contributed by atoms with Crippen molar-refractivity contribution in [1.82, 2.24) is 0 Å². The zero-order valence-corrected chi connectivity index (χ0v) is 22.3. The second kappa shape index (κ2) is 12.8. The van der Waals surface area contributed by atoms with Crippen molar-refractivity contribution in [2.45, 2.75) is 43.9 Å². The van der Waals surface area contributed by atoms with Gasteiger partial charge in [-0.3, -0.25) is 4.48 Å². The highest BCUT2D eigenvalue weighted by Gasteiger charge is 2.52. The minimum atomic E-state index is -2.96. The molecule has 1 aliphatic rings. The lowest BCUT2D eigenvalue weighted by molar-refractivity contribution is -0.944. The molecule has 0 amide bonds. The zero-order chi connectivity index (χ0) is 33.2. The van der Waals surface area contributed by atoms with Crippen molar-refractivity contribution in [2.24, 2.45) is 0 Å². The first-order valence-electron chi connectivity index (χ1n) is 15.4. The lowest BCUT2D eigenvalue weighted by Gasteiger charge is -2.46. The van der Waals surface area contributed by atoms with Crippen molar-refractivity contribution >= 4 is 17.1 Å². The van der Waals surface area contributed by atoms with Gasteiger partial charge in [-0.1, -0.05) is 79.6 Å². The number of hydrogen-bond acceptors (Lipinski definition) is 6. The Labute approximate surface area is 242 Å². The number of quaternary nitrogens is 1. The summed E-state index contributed by atoms with van der Waals surface area (Å²) in [5.74, 6) is -1.00. The molecule has 0 radical (unpaired) electrons. The summed E-state index contributed by atoms with van der Waals surface area (Å²) < 4.78 is 53.1. The van der Waals surface area contributed by atoms with Crippen molar-refractivity contribution in [2.75, 3.05) is 27.2 Å². The first kappa shape index (κ1) is 23.2. The van der Waals surface area contributed by atoms with Crippen LogP contribution >= 0.6 is 0 Å². The van der Waals surface area contributed by atoms with E-state index in [0.29, 0.717) is 28.0 Å². The number of benzene rings is 3. The molecule has 0 aliphatic carbocycles. The maximum Gasteiger partial charge on any atom is 0.335 e. The van der Waals surface area contributed by atoms with Gasteiger partial charge in [0.05, 0.1) is 14.1 Å². The highest BCUT2D eigenvalue weighted by Crippen LogP contribution is 2.35. The Morgan fingerprint density at radius 3 is 2.02 bits per heavy atom. The SMILES string of the molecule is [2H]C([2H])([2H])C([2H])([2H])/C(=C(\c1ccccc1)c1ccc(OCC[N+](C)(C)[C@@H]2OC(C(=O)O)[C@H](O)[C@H](O)[C@@H]2O)cc1)c1ccccc1. The molecule has 4 rings (SSSR count). The van der Waals surface area contributed by atoms with E-state index in [4.69, 9.17) is 16.3 Å². The predicted molar refractivity (Wildman–Crippen MR) is 152 cm³/mol. The minimum absolute atomic E-state index is 0.0278. The van der Waals surface area contributed by atoms with Gasteiger partial charge in [-0.05, 0) is 46.3 Å². The first-order chi connectivity index (χ1) is 21.1. The Morgan fingerprint density at radius 2 is 1.45 bits per heavy atom. The molecule has 1 aliphatic heterocycles. The Morgan fingerprint density at radius 1 is 0.875 bits per heavy atom. The minimum Gasteiger partial charge on any atom is -0.488 e. The molecule has 1 heterocycles. The summed E-state index contributed by atoms with van der Waals surface area (Å²) in [6, 6.07) is 24.4. The van der Waals surface area contributed by atoms with E-state index in [-0.39, 0.29) is 23.2 Å². The lowest BCUT2D eigenvalue weighted by Crippen LogP contribution is -2.68. The van der Waals surface area contributed by atoms with Gasteiger partial charge in [0.15, 0.2) is 12.2 Å². The van der Waals surface area contributed by atoms with Crippen LogP contribution in [0.4, 0.5) is 0 Å². The molecule has 212 valence electrons. The summed E-state index contributed by atoms with van der Waals surface area (Å²) >= 11 is 0. The molecule has 3 aromatic carbocycles. The smallest absolute Gasteiger partial charge is 0.335 e. The lowest BCUT2D eigenvalue weighted by atomic mass is 9.88. The Bertz CT molecular complexity index is 1480. The summed E-state index contributed by atoms with van der Waals surface area (Å²) in [7, 11) is 3.34. The third-order valence-corrected chi connectivity index (χ3v) is 7.10. The van der Waals surface area contributed by atoms with Crippen LogP contribution in [0, 0.1) is 0 Å². The van der Waals surface area contributed by atoms with Crippen molar-refractivity contribution in [3.05, 3.63) is 102 Å². The van der Waals surface area contributed by atoms with E-state index >= 15 is 0 Å². The van der Waals surface area contributed by atoms with E-state index in [1.165, 1.54) is 0 Å². The molecule has 0 bridgehead atoms. The van der Waals surface area contributed by atoms with Gasteiger partial charge in [-0.25, -0.2) is 4.79 Å². The maximum atomic E-state index is 11.5. The van der Waals surface area contributed by atoms with Gasteiger partial charge in [0.2, 0.25) is 6.23 Å². The number of allylic oxidation sites excluding steroid dienone is 1. The molecule has 40 heavy (non-hydrogen) atoms. The van der Waals surface area contributed by atoms with Crippen molar-refractivity contribution in [3.63, 3.8) is 0 Å². The molecule has 1 saturated heterocycles. The number of likely N-dealkylation sites (N-methyl/N-ethyl adjacent to an activating group) is 1. The van der Waals surface area contributed by atoms with Crippen LogP contribution in [0.15, 0.2) is 84.9 Å². The fraction of sp³-hybridized carbons (Fsp3) is 0.344. The number of carbonyl (C=O) groups is 1. The number of carboxylic acid groups (broad SMARTS) is 1. The molecule has 1 unspecified atom stereocenters. The van der Waals surface area contributed by atoms with Gasteiger partial charge in [-0.15, -0.1) is 0 Å². The Balaban J connectivity index is 1.62. The third-order valence-electron chi connectivity index (χ3n) is 7.10. The van der Waals surface area contributed by atoms with E-state index in [1.807, 2.05) is 6.07 Å². The first-order valence-corrected chi connectivity index (χ1v) is 12.9. The van der Waals surface area contributed by atoms with E-state index in [9.17, 15) is 25.2 Å². The molecule has 0 saturated carbocycles. The molecule has 5 atom stereocenters. The van der Waals surface area contributed by atoms with Crippen LogP contribution in [0.25, 0.3) is 11.1 Å². The molecule has 0 spiro atoms. The molecule has 8 nitrogen and oxygen atoms in total. The summed E-state index contributed by atoms with van der Waals surface area (Å²) in [4.78, 5) is 11.5. The quantitative estimate of drug-likeness (QED) is 0.225.